The van der Waals surface area contributed by atoms with Gasteiger partial charge < -0.3 is 15.7 Å². The maximum absolute atomic E-state index is 12.2. The van der Waals surface area contributed by atoms with Crippen LogP contribution in [0.25, 0.3) is 0 Å². The number of halogens is 1. The van der Waals surface area contributed by atoms with Crippen LogP contribution in [0.4, 0.5) is 11.4 Å². The molecule has 2 aromatic rings. The summed E-state index contributed by atoms with van der Waals surface area (Å²) in [6, 6.07) is 13.4. The van der Waals surface area contributed by atoms with E-state index in [1.54, 1.807) is 48.5 Å². The lowest BCUT2D eigenvalue weighted by molar-refractivity contribution is -0.137. The van der Waals surface area contributed by atoms with Gasteiger partial charge in [0.05, 0.1) is 23.7 Å². The second kappa shape index (κ2) is 8.03. The topological polar surface area (TPSA) is 98.7 Å². The summed E-state index contributed by atoms with van der Waals surface area (Å²) >= 11 is 6.01. The fourth-order valence-corrected chi connectivity index (χ4v) is 2.77. The summed E-state index contributed by atoms with van der Waals surface area (Å²) in [4.78, 5) is 37.0. The van der Waals surface area contributed by atoms with Crippen molar-refractivity contribution in [3.05, 3.63) is 70.9 Å². The molecular formula is C19H16ClN3O4. The molecule has 1 aliphatic heterocycles. The Morgan fingerprint density at radius 3 is 2.37 bits per heavy atom. The van der Waals surface area contributed by atoms with E-state index >= 15 is 0 Å². The normalized spacial score (nSPS) is 13.6. The van der Waals surface area contributed by atoms with Crippen LogP contribution in [0, 0.1) is 0 Å². The van der Waals surface area contributed by atoms with E-state index in [4.69, 9.17) is 16.7 Å². The average Bonchev–Trinajstić information content (AvgIpc) is 2.91. The number of hydrogen-bond acceptors (Lipinski definition) is 5. The van der Waals surface area contributed by atoms with Gasteiger partial charge in [-0.2, -0.15) is 0 Å². The van der Waals surface area contributed by atoms with Crippen molar-refractivity contribution in [2.45, 2.75) is 0 Å². The Morgan fingerprint density at radius 1 is 1.04 bits per heavy atom. The number of hydrogen-bond donors (Lipinski definition) is 3. The van der Waals surface area contributed by atoms with Gasteiger partial charge in [0.25, 0.3) is 17.7 Å². The van der Waals surface area contributed by atoms with Crippen molar-refractivity contribution in [3.63, 3.8) is 0 Å². The summed E-state index contributed by atoms with van der Waals surface area (Å²) < 4.78 is 0. The molecule has 0 fully saturated rings. The Balaban J connectivity index is 1.65. The molecule has 3 rings (SSSR count). The van der Waals surface area contributed by atoms with Crippen molar-refractivity contribution in [3.8, 4) is 0 Å². The molecule has 0 bridgehead atoms. The van der Waals surface area contributed by atoms with Crippen LogP contribution in [-0.2, 0) is 9.59 Å². The van der Waals surface area contributed by atoms with E-state index in [-0.39, 0.29) is 24.8 Å². The van der Waals surface area contributed by atoms with Gasteiger partial charge in [-0.15, -0.1) is 0 Å². The third kappa shape index (κ3) is 4.16. The van der Waals surface area contributed by atoms with Gasteiger partial charge in [-0.1, -0.05) is 23.7 Å². The predicted molar refractivity (Wildman–Crippen MR) is 101 cm³/mol. The van der Waals surface area contributed by atoms with Gasteiger partial charge in [0.15, 0.2) is 0 Å². The van der Waals surface area contributed by atoms with Crippen molar-refractivity contribution in [1.82, 2.24) is 4.90 Å². The smallest absolute Gasteiger partial charge is 0.277 e. The molecule has 27 heavy (non-hydrogen) atoms. The quantitative estimate of drug-likeness (QED) is 0.662. The van der Waals surface area contributed by atoms with Crippen LogP contribution in [0.2, 0.25) is 5.02 Å². The molecule has 1 aliphatic rings. The molecule has 138 valence electrons. The molecule has 1 heterocycles. The summed E-state index contributed by atoms with van der Waals surface area (Å²) in [6.45, 7) is -0.342. The summed E-state index contributed by atoms with van der Waals surface area (Å²) in [6.07, 6.45) is 1.19. The number of aliphatic hydroxyl groups is 1. The largest absolute Gasteiger partial charge is 0.395 e. The Morgan fingerprint density at radius 2 is 1.70 bits per heavy atom. The lowest BCUT2D eigenvalue weighted by atomic mass is 10.2. The Hall–Kier alpha value is -3.16. The zero-order valence-electron chi connectivity index (χ0n) is 14.1. The molecule has 0 aromatic heterocycles. The van der Waals surface area contributed by atoms with Crippen molar-refractivity contribution >= 4 is 40.7 Å². The maximum Gasteiger partial charge on any atom is 0.277 e. The van der Waals surface area contributed by atoms with E-state index in [2.05, 4.69) is 10.6 Å². The van der Waals surface area contributed by atoms with Crippen molar-refractivity contribution < 1.29 is 19.5 Å². The molecule has 0 radical (unpaired) electrons. The molecule has 0 atom stereocenters. The van der Waals surface area contributed by atoms with Crippen LogP contribution in [0.3, 0.4) is 0 Å². The first-order valence-corrected chi connectivity index (χ1v) is 8.49. The summed E-state index contributed by atoms with van der Waals surface area (Å²) in [5.41, 5.74) is 1.62. The number of carbonyl (C=O) groups excluding carboxylic acids is 3. The van der Waals surface area contributed by atoms with Crippen LogP contribution in [-0.4, -0.2) is 40.9 Å². The molecule has 2 aromatic carbocycles. The monoisotopic (exact) mass is 385 g/mol. The Kier molecular flexibility index (Phi) is 5.54. The van der Waals surface area contributed by atoms with Crippen molar-refractivity contribution in [2.75, 3.05) is 23.8 Å². The van der Waals surface area contributed by atoms with Crippen molar-refractivity contribution in [2.24, 2.45) is 0 Å². The summed E-state index contributed by atoms with van der Waals surface area (Å²) in [5.74, 6) is -1.30. The first-order chi connectivity index (χ1) is 13.0. The molecule has 0 unspecified atom stereocenters. The van der Waals surface area contributed by atoms with Crippen LogP contribution < -0.4 is 10.6 Å². The summed E-state index contributed by atoms with van der Waals surface area (Å²) in [5, 5.41) is 14.9. The van der Waals surface area contributed by atoms with E-state index in [0.29, 0.717) is 22.0 Å². The Labute approximate surface area is 160 Å². The van der Waals surface area contributed by atoms with Gasteiger partial charge >= 0.3 is 0 Å². The molecule has 0 aliphatic carbocycles. The van der Waals surface area contributed by atoms with E-state index < -0.39 is 11.8 Å². The van der Waals surface area contributed by atoms with Gasteiger partial charge in [0.2, 0.25) is 0 Å². The van der Waals surface area contributed by atoms with Gasteiger partial charge in [0.1, 0.15) is 5.70 Å². The van der Waals surface area contributed by atoms with E-state index in [9.17, 15) is 14.4 Å². The second-order valence-corrected chi connectivity index (χ2v) is 6.12. The van der Waals surface area contributed by atoms with Gasteiger partial charge in [-0.3, -0.25) is 19.3 Å². The SMILES string of the molecule is O=C(Nc1ccc(NC2=CC(=O)N(CCO)C2=O)cc1)c1ccccc1Cl. The predicted octanol–water partition coefficient (Wildman–Crippen LogP) is 2.25. The van der Waals surface area contributed by atoms with E-state index in [0.717, 1.165) is 4.90 Å². The van der Waals surface area contributed by atoms with Crippen molar-refractivity contribution in [1.29, 1.82) is 0 Å². The first kappa shape index (κ1) is 18.6. The molecule has 0 spiro atoms. The fourth-order valence-electron chi connectivity index (χ4n) is 2.55. The highest BCUT2D eigenvalue weighted by molar-refractivity contribution is 6.34. The number of nitrogens with one attached hydrogen (secondary N) is 2. The van der Waals surface area contributed by atoms with Gasteiger partial charge in [-0.05, 0) is 36.4 Å². The molecule has 0 saturated carbocycles. The first-order valence-electron chi connectivity index (χ1n) is 8.11. The van der Waals surface area contributed by atoms with Gasteiger partial charge in [-0.25, -0.2) is 0 Å². The third-order valence-corrected chi connectivity index (χ3v) is 4.20. The van der Waals surface area contributed by atoms with Crippen LogP contribution >= 0.6 is 11.6 Å². The Bertz CT molecular complexity index is 925. The standard InChI is InChI=1S/C19H16ClN3O4/c20-15-4-2-1-3-14(15)18(26)22-13-7-5-12(6-8-13)21-16-11-17(25)23(9-10-24)19(16)27/h1-8,11,21,24H,9-10H2,(H,22,26). The molecule has 8 heteroatoms. The molecule has 7 nitrogen and oxygen atoms in total. The van der Waals surface area contributed by atoms with Crippen LogP contribution in [0.5, 0.6) is 0 Å². The molecule has 3 amide bonds. The zero-order chi connectivity index (χ0) is 19.4. The summed E-state index contributed by atoms with van der Waals surface area (Å²) in [7, 11) is 0. The fraction of sp³-hybridized carbons (Fsp3) is 0.105. The number of imide groups is 1. The highest BCUT2D eigenvalue weighted by Crippen LogP contribution is 2.21. The number of β-amino-alcohol motifs (C(OH)–C–C–N with tert-alkyl or cyclic N) is 1. The second-order valence-electron chi connectivity index (χ2n) is 5.71. The minimum Gasteiger partial charge on any atom is -0.395 e. The number of aliphatic hydroxyl groups excluding tert-OH is 1. The maximum atomic E-state index is 12.2. The lowest BCUT2D eigenvalue weighted by Crippen LogP contribution is -2.34. The van der Waals surface area contributed by atoms with E-state index in [1.807, 2.05) is 0 Å². The molecule has 3 N–H and O–H groups in total. The lowest BCUT2D eigenvalue weighted by Gasteiger charge is -2.13. The number of benzene rings is 2. The van der Waals surface area contributed by atoms with E-state index in [1.165, 1.54) is 6.08 Å². The molecule has 0 saturated heterocycles. The average molecular weight is 386 g/mol. The molecular weight excluding hydrogens is 370 g/mol. The van der Waals surface area contributed by atoms with Gasteiger partial charge in [0, 0.05) is 17.5 Å². The highest BCUT2D eigenvalue weighted by atomic mass is 35.5. The number of rotatable bonds is 6. The minimum absolute atomic E-state index is 0.0492. The number of nitrogens with zero attached hydrogens (tertiary/aromatic N) is 1. The number of anilines is 2. The highest BCUT2D eigenvalue weighted by Gasteiger charge is 2.30. The minimum atomic E-state index is -0.495. The number of amides is 3. The van der Waals surface area contributed by atoms with Crippen LogP contribution in [0.15, 0.2) is 60.3 Å². The zero-order valence-corrected chi connectivity index (χ0v) is 14.9. The third-order valence-electron chi connectivity index (χ3n) is 3.87. The van der Waals surface area contributed by atoms with Crippen LogP contribution in [0.1, 0.15) is 10.4 Å². The number of carbonyl (C=O) groups is 3.